The van der Waals surface area contributed by atoms with Crippen molar-refractivity contribution >= 4 is 16.0 Å². The molecule has 25 heavy (non-hydrogen) atoms. The van der Waals surface area contributed by atoms with Gasteiger partial charge in [0.05, 0.1) is 17.6 Å². The molecule has 0 unspecified atom stereocenters. The predicted octanol–water partition coefficient (Wildman–Crippen LogP) is 2.01. The first-order chi connectivity index (χ1) is 11.8. The van der Waals surface area contributed by atoms with Gasteiger partial charge in [-0.2, -0.15) is 0 Å². The van der Waals surface area contributed by atoms with Gasteiger partial charge in [-0.1, -0.05) is 24.3 Å². The number of hydrogen-bond acceptors (Lipinski definition) is 5. The van der Waals surface area contributed by atoms with Gasteiger partial charge in [0.15, 0.2) is 0 Å². The monoisotopic (exact) mass is 362 g/mol. The van der Waals surface area contributed by atoms with Crippen LogP contribution in [0.4, 0.5) is 0 Å². The maximum Gasteiger partial charge on any atom is 0.337 e. The third kappa shape index (κ3) is 5.12. The summed E-state index contributed by atoms with van der Waals surface area (Å²) >= 11 is 0. The molecule has 6 nitrogen and oxygen atoms in total. The van der Waals surface area contributed by atoms with Crippen molar-refractivity contribution in [3.05, 3.63) is 65.2 Å². The second kappa shape index (κ2) is 8.24. The van der Waals surface area contributed by atoms with E-state index in [1.807, 2.05) is 43.3 Å². The average Bonchev–Trinajstić information content (AvgIpc) is 2.60. The van der Waals surface area contributed by atoms with Crippen LogP contribution >= 0.6 is 0 Å². The minimum atomic E-state index is -3.67. The number of carbonyl (C=O) groups excluding carboxylic acids is 1. The summed E-state index contributed by atoms with van der Waals surface area (Å²) in [7, 11) is 1.53. The maximum absolute atomic E-state index is 12.5. The topological polar surface area (TPSA) is 75.7 Å². The van der Waals surface area contributed by atoms with Crippen molar-refractivity contribution in [3.8, 4) is 0 Å². The number of benzene rings is 2. The summed E-state index contributed by atoms with van der Waals surface area (Å²) in [6.07, 6.45) is 0. The summed E-state index contributed by atoms with van der Waals surface area (Å²) in [5.41, 5.74) is 2.29. The molecule has 7 heteroatoms. The summed E-state index contributed by atoms with van der Waals surface area (Å²) in [6, 6.07) is 13.3. The second-order valence-corrected chi connectivity index (χ2v) is 7.61. The van der Waals surface area contributed by atoms with E-state index in [1.54, 1.807) is 0 Å². The van der Waals surface area contributed by atoms with Crippen LogP contribution in [-0.2, 0) is 27.8 Å². The molecule has 0 atom stereocenters. The fourth-order valence-electron chi connectivity index (χ4n) is 2.37. The SMILES string of the molecule is COC(=O)c1ccc(S(=O)(=O)NCc2ccccc2CN(C)C)cc1. The molecule has 0 aliphatic rings. The minimum absolute atomic E-state index is 0.102. The van der Waals surface area contributed by atoms with E-state index >= 15 is 0 Å². The highest BCUT2D eigenvalue weighted by Crippen LogP contribution is 2.14. The smallest absolute Gasteiger partial charge is 0.337 e. The van der Waals surface area contributed by atoms with Gasteiger partial charge in [-0.05, 0) is 49.5 Å². The molecule has 2 aromatic carbocycles. The van der Waals surface area contributed by atoms with Gasteiger partial charge in [0.1, 0.15) is 0 Å². The van der Waals surface area contributed by atoms with Crippen LogP contribution in [0.15, 0.2) is 53.4 Å². The van der Waals surface area contributed by atoms with Crippen LogP contribution in [0.2, 0.25) is 0 Å². The molecule has 0 bridgehead atoms. The highest BCUT2D eigenvalue weighted by molar-refractivity contribution is 7.89. The zero-order valence-electron chi connectivity index (χ0n) is 14.5. The number of hydrogen-bond donors (Lipinski definition) is 1. The van der Waals surface area contributed by atoms with Crippen molar-refractivity contribution in [2.24, 2.45) is 0 Å². The van der Waals surface area contributed by atoms with Gasteiger partial charge in [0.2, 0.25) is 10.0 Å². The third-order valence-corrected chi connectivity index (χ3v) is 5.06. The number of esters is 1. The molecule has 0 aliphatic carbocycles. The van der Waals surface area contributed by atoms with Gasteiger partial charge in [-0.15, -0.1) is 0 Å². The van der Waals surface area contributed by atoms with E-state index in [0.29, 0.717) is 5.56 Å². The molecule has 0 amide bonds. The summed E-state index contributed by atoms with van der Waals surface area (Å²) in [5.74, 6) is -0.505. The lowest BCUT2D eigenvalue weighted by Crippen LogP contribution is -2.24. The van der Waals surface area contributed by atoms with Crippen LogP contribution in [-0.4, -0.2) is 40.5 Å². The Labute approximate surface area is 148 Å². The molecular weight excluding hydrogens is 340 g/mol. The zero-order chi connectivity index (χ0) is 18.4. The number of nitrogens with zero attached hydrogens (tertiary/aromatic N) is 1. The van der Waals surface area contributed by atoms with Crippen LogP contribution in [0.1, 0.15) is 21.5 Å². The molecular formula is C18H22N2O4S. The minimum Gasteiger partial charge on any atom is -0.465 e. The molecule has 0 saturated heterocycles. The number of carbonyl (C=O) groups is 1. The molecule has 0 fully saturated rings. The van der Waals surface area contributed by atoms with Gasteiger partial charge in [0, 0.05) is 13.1 Å². The van der Waals surface area contributed by atoms with E-state index < -0.39 is 16.0 Å². The second-order valence-electron chi connectivity index (χ2n) is 5.85. The molecule has 0 heterocycles. The molecule has 0 aromatic heterocycles. The van der Waals surface area contributed by atoms with Crippen molar-refractivity contribution in [3.63, 3.8) is 0 Å². The fraction of sp³-hybridized carbons (Fsp3) is 0.278. The number of rotatable bonds is 7. The van der Waals surface area contributed by atoms with Crippen molar-refractivity contribution in [1.29, 1.82) is 0 Å². The number of methoxy groups -OCH3 is 1. The molecule has 0 aliphatic heterocycles. The highest BCUT2D eigenvalue weighted by Gasteiger charge is 2.16. The van der Waals surface area contributed by atoms with E-state index in [-0.39, 0.29) is 11.4 Å². The Morgan fingerprint density at radius 1 is 1.04 bits per heavy atom. The van der Waals surface area contributed by atoms with Gasteiger partial charge in [0.25, 0.3) is 0 Å². The third-order valence-electron chi connectivity index (χ3n) is 3.64. The first kappa shape index (κ1) is 19.1. The summed E-state index contributed by atoms with van der Waals surface area (Å²) in [4.78, 5) is 13.5. The normalized spacial score (nSPS) is 11.5. The Balaban J connectivity index is 2.13. The van der Waals surface area contributed by atoms with Gasteiger partial charge in [-0.25, -0.2) is 17.9 Å². The number of ether oxygens (including phenoxy) is 1. The maximum atomic E-state index is 12.5. The van der Waals surface area contributed by atoms with Crippen molar-refractivity contribution < 1.29 is 17.9 Å². The fourth-order valence-corrected chi connectivity index (χ4v) is 3.38. The molecule has 0 radical (unpaired) electrons. The van der Waals surface area contributed by atoms with Crippen molar-refractivity contribution in [2.45, 2.75) is 18.0 Å². The van der Waals surface area contributed by atoms with E-state index in [0.717, 1.165) is 17.7 Å². The molecule has 1 N–H and O–H groups in total. The summed E-state index contributed by atoms with van der Waals surface area (Å²) in [6.45, 7) is 0.927. The Bertz CT molecular complexity index is 830. The van der Waals surface area contributed by atoms with Crippen molar-refractivity contribution in [2.75, 3.05) is 21.2 Å². The quantitative estimate of drug-likeness (QED) is 0.763. The van der Waals surface area contributed by atoms with Gasteiger partial charge >= 0.3 is 5.97 Å². The largest absolute Gasteiger partial charge is 0.465 e. The van der Waals surface area contributed by atoms with Crippen LogP contribution in [0.25, 0.3) is 0 Å². The molecule has 2 aromatic rings. The first-order valence-corrected chi connectivity index (χ1v) is 9.21. The Hall–Kier alpha value is -2.22. The summed E-state index contributed by atoms with van der Waals surface area (Å²) in [5, 5.41) is 0. The van der Waals surface area contributed by atoms with E-state index in [1.165, 1.54) is 31.4 Å². The first-order valence-electron chi connectivity index (χ1n) is 7.73. The van der Waals surface area contributed by atoms with E-state index in [9.17, 15) is 13.2 Å². The lowest BCUT2D eigenvalue weighted by molar-refractivity contribution is 0.0600. The standard InChI is InChI=1S/C18H22N2O4S/c1-20(2)13-16-7-5-4-6-15(16)12-19-25(22,23)17-10-8-14(9-11-17)18(21)24-3/h4-11,19H,12-13H2,1-3H3. The number of sulfonamides is 1. The Kier molecular flexibility index (Phi) is 6.30. The molecule has 0 saturated carbocycles. The van der Waals surface area contributed by atoms with Crippen LogP contribution in [0, 0.1) is 0 Å². The van der Waals surface area contributed by atoms with Crippen LogP contribution in [0.5, 0.6) is 0 Å². The summed E-state index contributed by atoms with van der Waals surface area (Å²) < 4.78 is 32.1. The highest BCUT2D eigenvalue weighted by atomic mass is 32.2. The van der Waals surface area contributed by atoms with E-state index in [2.05, 4.69) is 9.46 Å². The molecule has 134 valence electrons. The predicted molar refractivity (Wildman–Crippen MR) is 95.6 cm³/mol. The van der Waals surface area contributed by atoms with Crippen LogP contribution < -0.4 is 4.72 Å². The van der Waals surface area contributed by atoms with Crippen LogP contribution in [0.3, 0.4) is 0 Å². The Morgan fingerprint density at radius 2 is 1.64 bits per heavy atom. The Morgan fingerprint density at radius 3 is 2.20 bits per heavy atom. The average molecular weight is 362 g/mol. The molecule has 0 spiro atoms. The van der Waals surface area contributed by atoms with Crippen molar-refractivity contribution in [1.82, 2.24) is 9.62 Å². The lowest BCUT2D eigenvalue weighted by atomic mass is 10.1. The number of nitrogens with one attached hydrogen (secondary N) is 1. The van der Waals surface area contributed by atoms with Gasteiger partial charge < -0.3 is 9.64 Å². The lowest BCUT2D eigenvalue weighted by Gasteiger charge is -2.15. The zero-order valence-corrected chi connectivity index (χ0v) is 15.3. The molecule has 2 rings (SSSR count). The van der Waals surface area contributed by atoms with Gasteiger partial charge in [-0.3, -0.25) is 0 Å². The van der Waals surface area contributed by atoms with E-state index in [4.69, 9.17) is 0 Å².